The maximum absolute atomic E-state index is 11.8. The molecule has 2 aromatic heterocycles. The quantitative estimate of drug-likeness (QED) is 0.723. The number of nitrogens with one attached hydrogen (secondary N) is 2. The summed E-state index contributed by atoms with van der Waals surface area (Å²) in [6.45, 7) is 0. The van der Waals surface area contributed by atoms with Gasteiger partial charge in [-0.1, -0.05) is 6.42 Å². The number of amides is 1. The van der Waals surface area contributed by atoms with E-state index < -0.39 is 5.91 Å². The molecular weight excluding hydrogens is 298 g/mol. The van der Waals surface area contributed by atoms with Gasteiger partial charge in [0.1, 0.15) is 18.1 Å². The molecule has 3 rings (SSSR count). The Labute approximate surface area is 133 Å². The molecule has 23 heavy (non-hydrogen) atoms. The summed E-state index contributed by atoms with van der Waals surface area (Å²) in [5.41, 5.74) is 11.4. The second-order valence-electron chi connectivity index (χ2n) is 5.38. The summed E-state index contributed by atoms with van der Waals surface area (Å²) in [7, 11) is 0. The van der Waals surface area contributed by atoms with E-state index in [-0.39, 0.29) is 23.4 Å². The minimum absolute atomic E-state index is 0.131. The van der Waals surface area contributed by atoms with Gasteiger partial charge in [0.15, 0.2) is 11.6 Å². The summed E-state index contributed by atoms with van der Waals surface area (Å²) in [4.78, 5) is 19.9. The van der Waals surface area contributed by atoms with E-state index in [2.05, 4.69) is 20.8 Å². The molecule has 0 bridgehead atoms. The number of hydrogen-bond donors (Lipinski definition) is 3. The number of furan rings is 1. The molecular formula is C15H19N5O3. The second kappa shape index (κ2) is 6.99. The Hall–Kier alpha value is -2.77. The van der Waals surface area contributed by atoms with E-state index in [1.54, 1.807) is 12.1 Å². The Morgan fingerprint density at radius 1 is 1.30 bits per heavy atom. The lowest BCUT2D eigenvalue weighted by Gasteiger charge is -2.23. The Morgan fingerprint density at radius 2 is 2.13 bits per heavy atom. The third-order valence-electron chi connectivity index (χ3n) is 3.72. The average molecular weight is 317 g/mol. The molecule has 122 valence electrons. The van der Waals surface area contributed by atoms with Crippen molar-refractivity contribution in [2.24, 2.45) is 0 Å². The zero-order valence-corrected chi connectivity index (χ0v) is 12.6. The van der Waals surface area contributed by atoms with Crippen LogP contribution in [0.4, 0.5) is 11.5 Å². The second-order valence-corrected chi connectivity index (χ2v) is 5.38. The first-order valence-electron chi connectivity index (χ1n) is 7.61. The highest BCUT2D eigenvalue weighted by Crippen LogP contribution is 2.28. The highest BCUT2D eigenvalue weighted by atomic mass is 16.5. The SMILES string of the molecule is Nc1c(NNC(=O)c2ccco2)ncnc1OC1CCCCC1. The lowest BCUT2D eigenvalue weighted by molar-refractivity contribution is 0.0935. The van der Waals surface area contributed by atoms with Crippen LogP contribution in [0.1, 0.15) is 42.7 Å². The largest absolute Gasteiger partial charge is 0.473 e. The summed E-state index contributed by atoms with van der Waals surface area (Å²) < 4.78 is 10.9. The molecule has 0 saturated heterocycles. The molecule has 1 aliphatic rings. The molecule has 2 heterocycles. The van der Waals surface area contributed by atoms with Gasteiger partial charge < -0.3 is 14.9 Å². The monoisotopic (exact) mass is 317 g/mol. The fourth-order valence-electron chi connectivity index (χ4n) is 2.50. The van der Waals surface area contributed by atoms with Crippen molar-refractivity contribution in [3.63, 3.8) is 0 Å². The lowest BCUT2D eigenvalue weighted by atomic mass is 9.98. The number of carbonyl (C=O) groups excluding carboxylic acids is 1. The fourth-order valence-corrected chi connectivity index (χ4v) is 2.50. The highest BCUT2D eigenvalue weighted by molar-refractivity contribution is 5.92. The van der Waals surface area contributed by atoms with Gasteiger partial charge in [-0.05, 0) is 37.8 Å². The molecule has 0 spiro atoms. The highest BCUT2D eigenvalue weighted by Gasteiger charge is 2.18. The Bertz CT molecular complexity index is 653. The van der Waals surface area contributed by atoms with Gasteiger partial charge in [-0.2, -0.15) is 4.98 Å². The van der Waals surface area contributed by atoms with Crippen LogP contribution in [-0.4, -0.2) is 22.0 Å². The standard InChI is InChI=1S/C15H19N5O3/c16-12-13(19-20-14(21)11-7-4-8-22-11)17-9-18-15(12)23-10-5-2-1-3-6-10/h4,7-10H,1-3,5-6,16H2,(H,20,21)(H,17,18,19). The van der Waals surface area contributed by atoms with Crippen LogP contribution in [0, 0.1) is 0 Å². The number of ether oxygens (including phenoxy) is 1. The van der Waals surface area contributed by atoms with Gasteiger partial charge in [-0.3, -0.25) is 15.6 Å². The maximum atomic E-state index is 11.8. The van der Waals surface area contributed by atoms with Crippen LogP contribution in [0.15, 0.2) is 29.1 Å². The smallest absolute Gasteiger partial charge is 0.305 e. The van der Waals surface area contributed by atoms with Crippen LogP contribution in [0.2, 0.25) is 0 Å². The molecule has 4 N–H and O–H groups in total. The number of rotatable bonds is 5. The summed E-state index contributed by atoms with van der Waals surface area (Å²) >= 11 is 0. The summed E-state index contributed by atoms with van der Waals surface area (Å²) in [5.74, 6) is 0.374. The number of anilines is 2. The average Bonchev–Trinajstić information content (AvgIpc) is 3.11. The number of carbonyl (C=O) groups is 1. The molecule has 0 aliphatic heterocycles. The van der Waals surface area contributed by atoms with Crippen LogP contribution in [0.3, 0.4) is 0 Å². The normalized spacial score (nSPS) is 15.1. The molecule has 1 fully saturated rings. The number of hydrazine groups is 1. The first kappa shape index (κ1) is 15.1. The first-order chi connectivity index (χ1) is 11.2. The van der Waals surface area contributed by atoms with Crippen LogP contribution in [0.5, 0.6) is 5.88 Å². The van der Waals surface area contributed by atoms with Crippen LogP contribution >= 0.6 is 0 Å². The van der Waals surface area contributed by atoms with E-state index >= 15 is 0 Å². The predicted molar refractivity (Wildman–Crippen MR) is 83.7 cm³/mol. The third kappa shape index (κ3) is 3.71. The van der Waals surface area contributed by atoms with E-state index in [0.717, 1.165) is 25.7 Å². The minimum atomic E-state index is -0.428. The van der Waals surface area contributed by atoms with Crippen LogP contribution < -0.4 is 21.3 Å². The molecule has 2 aromatic rings. The van der Waals surface area contributed by atoms with Crippen molar-refractivity contribution in [2.45, 2.75) is 38.2 Å². The van der Waals surface area contributed by atoms with E-state index in [1.165, 1.54) is 19.0 Å². The number of nitrogens with zero attached hydrogens (tertiary/aromatic N) is 2. The molecule has 0 unspecified atom stereocenters. The molecule has 1 saturated carbocycles. The molecule has 0 radical (unpaired) electrons. The van der Waals surface area contributed by atoms with E-state index in [0.29, 0.717) is 5.88 Å². The van der Waals surface area contributed by atoms with Crippen molar-refractivity contribution in [1.29, 1.82) is 0 Å². The van der Waals surface area contributed by atoms with Crippen molar-refractivity contribution in [3.05, 3.63) is 30.5 Å². The van der Waals surface area contributed by atoms with Gasteiger partial charge in [-0.15, -0.1) is 0 Å². The Morgan fingerprint density at radius 3 is 2.87 bits per heavy atom. The molecule has 1 aliphatic carbocycles. The molecule has 8 nitrogen and oxygen atoms in total. The van der Waals surface area contributed by atoms with Crippen molar-refractivity contribution >= 4 is 17.4 Å². The van der Waals surface area contributed by atoms with Gasteiger partial charge >= 0.3 is 5.91 Å². The van der Waals surface area contributed by atoms with E-state index in [1.807, 2.05) is 0 Å². The Balaban J connectivity index is 1.63. The molecule has 0 aromatic carbocycles. The van der Waals surface area contributed by atoms with Gasteiger partial charge in [0.2, 0.25) is 5.88 Å². The number of aromatic nitrogens is 2. The lowest BCUT2D eigenvalue weighted by Crippen LogP contribution is -2.30. The van der Waals surface area contributed by atoms with Crippen molar-refractivity contribution in [2.75, 3.05) is 11.2 Å². The van der Waals surface area contributed by atoms with Crippen LogP contribution in [0.25, 0.3) is 0 Å². The van der Waals surface area contributed by atoms with E-state index in [9.17, 15) is 4.79 Å². The third-order valence-corrected chi connectivity index (χ3v) is 3.72. The number of hydrogen-bond acceptors (Lipinski definition) is 7. The number of nitrogen functional groups attached to an aromatic ring is 1. The summed E-state index contributed by atoms with van der Waals surface area (Å²) in [5, 5.41) is 0. The maximum Gasteiger partial charge on any atom is 0.305 e. The summed E-state index contributed by atoms with van der Waals surface area (Å²) in [6, 6.07) is 3.18. The van der Waals surface area contributed by atoms with Crippen molar-refractivity contribution < 1.29 is 13.9 Å². The molecule has 0 atom stereocenters. The summed E-state index contributed by atoms with van der Waals surface area (Å²) in [6.07, 6.45) is 8.44. The predicted octanol–water partition coefficient (Wildman–Crippen LogP) is 2.12. The van der Waals surface area contributed by atoms with Crippen molar-refractivity contribution in [3.8, 4) is 5.88 Å². The van der Waals surface area contributed by atoms with Crippen molar-refractivity contribution in [1.82, 2.24) is 15.4 Å². The minimum Gasteiger partial charge on any atom is -0.473 e. The van der Waals surface area contributed by atoms with Gasteiger partial charge in [-0.25, -0.2) is 4.98 Å². The van der Waals surface area contributed by atoms with E-state index in [4.69, 9.17) is 14.9 Å². The van der Waals surface area contributed by atoms with Crippen LogP contribution in [-0.2, 0) is 0 Å². The van der Waals surface area contributed by atoms with Gasteiger partial charge in [0.05, 0.1) is 6.26 Å². The zero-order valence-electron chi connectivity index (χ0n) is 12.6. The first-order valence-corrected chi connectivity index (χ1v) is 7.61. The topological polar surface area (TPSA) is 115 Å². The number of nitrogens with two attached hydrogens (primary N) is 1. The fraction of sp³-hybridized carbons (Fsp3) is 0.400. The molecule has 8 heteroatoms. The zero-order chi connectivity index (χ0) is 16.1. The van der Waals surface area contributed by atoms with Gasteiger partial charge in [0.25, 0.3) is 0 Å². The van der Waals surface area contributed by atoms with Gasteiger partial charge in [0, 0.05) is 0 Å². The Kier molecular flexibility index (Phi) is 4.60. The molecule has 1 amide bonds.